The van der Waals surface area contributed by atoms with Crippen molar-refractivity contribution in [2.75, 3.05) is 0 Å². The molecule has 6 fully saturated rings. The Morgan fingerprint density at radius 1 is 0.440 bits per heavy atom. The van der Waals surface area contributed by atoms with Crippen LogP contribution in [0.1, 0.15) is 97.8 Å². The number of rotatable bonds is 18. The summed E-state index contributed by atoms with van der Waals surface area (Å²) in [6.45, 7) is -3.93. The number of alkyl halides is 6. The van der Waals surface area contributed by atoms with E-state index in [1.54, 1.807) is 20.8 Å². The van der Waals surface area contributed by atoms with Gasteiger partial charge < -0.3 is 59.7 Å². The van der Waals surface area contributed by atoms with E-state index in [4.69, 9.17) is 14.2 Å². The van der Waals surface area contributed by atoms with E-state index in [0.717, 1.165) is 54.6 Å². The highest BCUT2D eigenvalue weighted by Crippen LogP contribution is 2.41. The van der Waals surface area contributed by atoms with Crippen LogP contribution >= 0.6 is 0 Å². The topological polar surface area (TPSA) is 203 Å². The van der Waals surface area contributed by atoms with Gasteiger partial charge in [-0.3, -0.25) is 14.4 Å². The summed E-state index contributed by atoms with van der Waals surface area (Å²) in [4.78, 5) is 36.2. The van der Waals surface area contributed by atoms with Gasteiger partial charge in [0.2, 0.25) is 17.7 Å². The van der Waals surface area contributed by atoms with Gasteiger partial charge in [-0.05, 0) is 134 Å². The maximum Gasteiger partial charge on any atom is 0.387 e. The molecule has 9 rings (SSSR count). The Kier molecular flexibility index (Phi) is 17.9. The summed E-state index contributed by atoms with van der Waals surface area (Å²) in [5.41, 5.74) is -2.12. The largest absolute Gasteiger partial charge is 0.486 e. The van der Waals surface area contributed by atoms with Crippen LogP contribution in [0.5, 0.6) is 34.5 Å². The lowest BCUT2D eigenvalue weighted by Gasteiger charge is -2.43. The highest BCUT2D eigenvalue weighted by atomic mass is 19.3. The van der Waals surface area contributed by atoms with E-state index >= 15 is 0 Å². The molecule has 6 aliphatic rings. The van der Waals surface area contributed by atoms with Gasteiger partial charge in [-0.15, -0.1) is 0 Å². The number of amides is 3. The number of carbonyl (C=O) groups excluding carboxylic acids is 3. The molecule has 0 saturated heterocycles. The summed E-state index contributed by atoms with van der Waals surface area (Å²) in [5, 5.41) is 37.6. The van der Waals surface area contributed by atoms with Crippen LogP contribution in [0.25, 0.3) is 0 Å². The highest BCUT2D eigenvalue weighted by molar-refractivity contribution is 5.81. The average Bonchev–Trinajstić information content (AvgIpc) is 3.22. The van der Waals surface area contributed by atoms with E-state index in [0.29, 0.717) is 77.0 Å². The fourth-order valence-corrected chi connectivity index (χ4v) is 9.74. The molecule has 75 heavy (non-hydrogen) atoms. The van der Waals surface area contributed by atoms with Crippen molar-refractivity contribution in [3.8, 4) is 34.5 Å². The van der Waals surface area contributed by atoms with E-state index in [1.165, 1.54) is 0 Å². The zero-order chi connectivity index (χ0) is 54.6. The SMILES string of the molecule is CC1(O)CC(NC(=O)C2CC(Oc3cc(F)ccc3OC(F)F)C2)C1.CC1(O)CC(NC(=O)C2CC(Oc3cc(F)ccc3OC(F)F)C2)C1.CC1(O)CC(NC(=O)C2CC(Oc3cc(F)ccc3OC(F)F)C2)C1. The van der Waals surface area contributed by atoms with Crippen LogP contribution in [0.15, 0.2) is 54.6 Å². The standard InChI is InChI=1S/3C17H20F3NO4/c3*1-17(23)7-11(8-17)21-15(22)9-4-12(5-9)24-14-6-10(18)2-3-13(14)25-16(19)20/h3*2-3,6,9,11-12,16,23H,4-5,7-8H2,1H3,(H,21,22). The molecule has 24 heteroatoms. The predicted octanol–water partition coefficient (Wildman–Crippen LogP) is 7.84. The number of nitrogens with one attached hydrogen (secondary N) is 3. The van der Waals surface area contributed by atoms with Gasteiger partial charge in [0, 0.05) is 54.1 Å². The van der Waals surface area contributed by atoms with Crippen LogP contribution in [0.4, 0.5) is 39.5 Å². The van der Waals surface area contributed by atoms with Gasteiger partial charge in [-0.2, -0.15) is 26.3 Å². The van der Waals surface area contributed by atoms with Crippen molar-refractivity contribution in [2.24, 2.45) is 17.8 Å². The Balaban J connectivity index is 0.000000164. The number of carbonyl (C=O) groups is 3. The molecular weight excluding hydrogens is 1020 g/mol. The van der Waals surface area contributed by atoms with E-state index < -0.39 is 54.1 Å². The smallest absolute Gasteiger partial charge is 0.387 e. The zero-order valence-corrected chi connectivity index (χ0v) is 41.0. The fraction of sp³-hybridized carbons (Fsp3) is 0.588. The van der Waals surface area contributed by atoms with Crippen molar-refractivity contribution in [2.45, 2.75) is 171 Å². The Labute approximate surface area is 425 Å². The molecule has 3 aromatic rings. The molecule has 6 aliphatic carbocycles. The molecule has 0 atom stereocenters. The number of hydrogen-bond donors (Lipinski definition) is 6. The molecule has 3 amide bonds. The third-order valence-corrected chi connectivity index (χ3v) is 13.8. The van der Waals surface area contributed by atoms with E-state index in [-0.39, 0.29) is 106 Å². The monoisotopic (exact) mass is 1080 g/mol. The maximum absolute atomic E-state index is 13.3. The predicted molar refractivity (Wildman–Crippen MR) is 246 cm³/mol. The molecule has 0 aliphatic heterocycles. The molecule has 6 N–H and O–H groups in total. The van der Waals surface area contributed by atoms with Crippen molar-refractivity contribution >= 4 is 17.7 Å². The molecule has 414 valence electrons. The molecule has 6 saturated carbocycles. The summed E-state index contributed by atoms with van der Waals surface area (Å²) in [5.74, 6) is -3.89. The summed E-state index contributed by atoms with van der Waals surface area (Å²) < 4.78 is 144. The van der Waals surface area contributed by atoms with E-state index in [9.17, 15) is 69.2 Å². The van der Waals surface area contributed by atoms with Crippen LogP contribution in [0.2, 0.25) is 0 Å². The third kappa shape index (κ3) is 16.3. The van der Waals surface area contributed by atoms with Crippen molar-refractivity contribution in [1.29, 1.82) is 0 Å². The molecule has 0 unspecified atom stereocenters. The third-order valence-electron chi connectivity index (χ3n) is 13.8. The first-order valence-corrected chi connectivity index (χ1v) is 24.5. The Morgan fingerprint density at radius 2 is 0.667 bits per heavy atom. The lowest BCUT2D eigenvalue weighted by atomic mass is 9.76. The van der Waals surface area contributed by atoms with Crippen molar-refractivity contribution < 1.29 is 97.6 Å². The Bertz CT molecular complexity index is 2180. The van der Waals surface area contributed by atoms with Crippen LogP contribution in [0, 0.1) is 35.2 Å². The minimum absolute atomic E-state index is 0.0169. The number of hydrogen-bond acceptors (Lipinski definition) is 12. The maximum atomic E-state index is 13.3. The molecule has 15 nitrogen and oxygen atoms in total. The molecule has 0 spiro atoms. The first kappa shape index (κ1) is 56.8. The lowest BCUT2D eigenvalue weighted by Crippen LogP contribution is -2.56. The Morgan fingerprint density at radius 3 is 0.867 bits per heavy atom. The quantitative estimate of drug-likeness (QED) is 0.0675. The van der Waals surface area contributed by atoms with Gasteiger partial charge >= 0.3 is 19.8 Å². The Hall–Kier alpha value is -5.88. The first-order chi connectivity index (χ1) is 35.1. The molecule has 0 bridgehead atoms. The summed E-state index contributed by atoms with van der Waals surface area (Å²) in [6.07, 6.45) is 4.60. The van der Waals surface area contributed by atoms with Gasteiger partial charge in [0.1, 0.15) is 35.8 Å². The molecular formula is C51H60F9N3O12. The van der Waals surface area contributed by atoms with Gasteiger partial charge in [-0.25, -0.2) is 13.2 Å². The van der Waals surface area contributed by atoms with Gasteiger partial charge in [0.25, 0.3) is 0 Å². The zero-order valence-electron chi connectivity index (χ0n) is 41.0. The fourth-order valence-electron chi connectivity index (χ4n) is 9.74. The van der Waals surface area contributed by atoms with E-state index in [1.807, 2.05) is 0 Å². The minimum Gasteiger partial charge on any atom is -0.486 e. The average molecular weight is 1080 g/mol. The van der Waals surface area contributed by atoms with Crippen LogP contribution in [0.3, 0.4) is 0 Å². The number of halogens is 9. The van der Waals surface area contributed by atoms with Crippen LogP contribution < -0.4 is 44.4 Å². The second-order valence-electron chi connectivity index (χ2n) is 21.0. The molecule has 0 radical (unpaired) electrons. The van der Waals surface area contributed by atoms with Gasteiger partial charge in [0.15, 0.2) is 34.5 Å². The van der Waals surface area contributed by atoms with Gasteiger partial charge in [0.05, 0.1) is 16.8 Å². The lowest BCUT2D eigenvalue weighted by molar-refractivity contribution is -0.135. The van der Waals surface area contributed by atoms with Gasteiger partial charge in [-0.1, -0.05) is 0 Å². The van der Waals surface area contributed by atoms with Crippen molar-refractivity contribution in [1.82, 2.24) is 16.0 Å². The number of benzene rings is 3. The van der Waals surface area contributed by atoms with Crippen LogP contribution in [-0.4, -0.2) is 106 Å². The summed E-state index contributed by atoms with van der Waals surface area (Å²) >= 11 is 0. The molecule has 0 heterocycles. The van der Waals surface area contributed by atoms with Crippen LogP contribution in [-0.2, 0) is 14.4 Å². The second-order valence-corrected chi connectivity index (χ2v) is 21.0. The molecule has 3 aromatic carbocycles. The van der Waals surface area contributed by atoms with Crippen molar-refractivity contribution in [3.63, 3.8) is 0 Å². The summed E-state index contributed by atoms with van der Waals surface area (Å²) in [7, 11) is 0. The minimum atomic E-state index is -3.03. The van der Waals surface area contributed by atoms with Crippen molar-refractivity contribution in [3.05, 3.63) is 72.0 Å². The normalized spacial score (nSPS) is 31.0. The molecule has 0 aromatic heterocycles. The summed E-state index contributed by atoms with van der Waals surface area (Å²) in [6, 6.07) is 9.20. The second kappa shape index (κ2) is 23.6. The van der Waals surface area contributed by atoms with E-state index in [2.05, 4.69) is 30.2 Å². The number of ether oxygens (including phenoxy) is 6. The first-order valence-electron chi connectivity index (χ1n) is 24.5. The highest BCUT2D eigenvalue weighted by Gasteiger charge is 2.45. The number of aliphatic hydroxyl groups is 3.